The second kappa shape index (κ2) is 8.80. The molecule has 0 fully saturated rings. The summed E-state index contributed by atoms with van der Waals surface area (Å²) < 4.78 is 11.7. The first-order chi connectivity index (χ1) is 11.2. The molecular formula is C19H24ClNO2. The zero-order valence-corrected chi connectivity index (χ0v) is 14.7. The van der Waals surface area contributed by atoms with Crippen LogP contribution in [0.1, 0.15) is 30.5 Å². The van der Waals surface area contributed by atoms with Gasteiger partial charge in [-0.3, -0.25) is 0 Å². The largest absolute Gasteiger partial charge is 0.490 e. The van der Waals surface area contributed by atoms with E-state index in [1.165, 1.54) is 5.56 Å². The molecule has 23 heavy (non-hydrogen) atoms. The molecule has 2 rings (SSSR count). The third kappa shape index (κ3) is 4.88. The Morgan fingerprint density at radius 2 is 1.87 bits per heavy atom. The highest BCUT2D eigenvalue weighted by Gasteiger charge is 2.13. The van der Waals surface area contributed by atoms with E-state index in [4.69, 9.17) is 21.1 Å². The molecule has 0 bridgehead atoms. The van der Waals surface area contributed by atoms with E-state index in [2.05, 4.69) is 31.3 Å². The zero-order chi connectivity index (χ0) is 16.7. The fourth-order valence-corrected chi connectivity index (χ4v) is 2.61. The molecule has 0 saturated heterocycles. The van der Waals surface area contributed by atoms with E-state index in [9.17, 15) is 0 Å². The van der Waals surface area contributed by atoms with Crippen molar-refractivity contribution in [3.05, 3.63) is 58.1 Å². The summed E-state index contributed by atoms with van der Waals surface area (Å²) in [5, 5.41) is 3.87. The second-order valence-corrected chi connectivity index (χ2v) is 5.74. The molecule has 0 aromatic heterocycles. The molecule has 4 heteroatoms. The van der Waals surface area contributed by atoms with Crippen molar-refractivity contribution in [2.24, 2.45) is 0 Å². The van der Waals surface area contributed by atoms with Gasteiger partial charge in [0.25, 0.3) is 0 Å². The zero-order valence-electron chi connectivity index (χ0n) is 14.0. The monoisotopic (exact) mass is 333 g/mol. The average Bonchev–Trinajstić information content (AvgIpc) is 2.54. The van der Waals surface area contributed by atoms with Crippen molar-refractivity contribution in [2.45, 2.75) is 33.9 Å². The van der Waals surface area contributed by atoms with Crippen molar-refractivity contribution in [2.75, 3.05) is 13.2 Å². The molecule has 0 aliphatic carbocycles. The van der Waals surface area contributed by atoms with Crippen LogP contribution in [0.3, 0.4) is 0 Å². The van der Waals surface area contributed by atoms with Gasteiger partial charge >= 0.3 is 0 Å². The van der Waals surface area contributed by atoms with Gasteiger partial charge in [-0.2, -0.15) is 0 Å². The Morgan fingerprint density at radius 3 is 2.57 bits per heavy atom. The minimum absolute atomic E-state index is 0.471. The van der Waals surface area contributed by atoms with E-state index >= 15 is 0 Å². The minimum Gasteiger partial charge on any atom is -0.490 e. The van der Waals surface area contributed by atoms with Crippen LogP contribution in [0.2, 0.25) is 5.02 Å². The van der Waals surface area contributed by atoms with E-state index in [1.54, 1.807) is 0 Å². The van der Waals surface area contributed by atoms with E-state index in [1.807, 2.05) is 31.2 Å². The van der Waals surface area contributed by atoms with Gasteiger partial charge in [0.2, 0.25) is 0 Å². The van der Waals surface area contributed by atoms with Gasteiger partial charge in [-0.25, -0.2) is 0 Å². The van der Waals surface area contributed by atoms with Crippen molar-refractivity contribution in [1.82, 2.24) is 5.32 Å². The van der Waals surface area contributed by atoms with Crippen LogP contribution in [0.4, 0.5) is 0 Å². The first-order valence-corrected chi connectivity index (χ1v) is 8.36. The number of nitrogens with one attached hydrogen (secondary N) is 1. The predicted molar refractivity (Wildman–Crippen MR) is 95.5 cm³/mol. The van der Waals surface area contributed by atoms with Gasteiger partial charge in [0.05, 0.1) is 11.6 Å². The van der Waals surface area contributed by atoms with Gasteiger partial charge in [-0.05, 0) is 49.2 Å². The molecule has 1 N–H and O–H groups in total. The third-order valence-electron chi connectivity index (χ3n) is 3.58. The van der Waals surface area contributed by atoms with Crippen LogP contribution in [0.15, 0.2) is 36.4 Å². The number of benzene rings is 2. The van der Waals surface area contributed by atoms with Gasteiger partial charge < -0.3 is 14.8 Å². The molecule has 0 spiro atoms. The molecule has 0 atom stereocenters. The van der Waals surface area contributed by atoms with Gasteiger partial charge in [0, 0.05) is 6.54 Å². The first kappa shape index (κ1) is 17.6. The number of hydrogen-bond donors (Lipinski definition) is 1. The Morgan fingerprint density at radius 1 is 1.09 bits per heavy atom. The lowest BCUT2D eigenvalue weighted by molar-refractivity contribution is 0.269. The van der Waals surface area contributed by atoms with Crippen LogP contribution >= 0.6 is 11.6 Å². The summed E-state index contributed by atoms with van der Waals surface area (Å²) in [7, 11) is 0. The maximum atomic E-state index is 6.42. The maximum Gasteiger partial charge on any atom is 0.180 e. The summed E-state index contributed by atoms with van der Waals surface area (Å²) in [6.45, 7) is 8.81. The Hall–Kier alpha value is -1.71. The highest BCUT2D eigenvalue weighted by molar-refractivity contribution is 6.32. The van der Waals surface area contributed by atoms with Crippen molar-refractivity contribution < 1.29 is 9.47 Å². The molecule has 0 heterocycles. The fourth-order valence-electron chi connectivity index (χ4n) is 2.32. The molecule has 0 aliphatic heterocycles. The third-order valence-corrected chi connectivity index (χ3v) is 3.86. The summed E-state index contributed by atoms with van der Waals surface area (Å²) >= 11 is 6.42. The van der Waals surface area contributed by atoms with Crippen LogP contribution in [0, 0.1) is 6.92 Å². The van der Waals surface area contributed by atoms with E-state index in [0.717, 1.165) is 24.2 Å². The van der Waals surface area contributed by atoms with Crippen LogP contribution in [-0.4, -0.2) is 13.2 Å². The van der Waals surface area contributed by atoms with E-state index in [-0.39, 0.29) is 0 Å². The summed E-state index contributed by atoms with van der Waals surface area (Å²) in [6, 6.07) is 12.1. The number of aryl methyl sites for hydroxylation is 1. The van der Waals surface area contributed by atoms with Gasteiger partial charge in [-0.15, -0.1) is 0 Å². The van der Waals surface area contributed by atoms with Gasteiger partial charge in [0.15, 0.2) is 11.5 Å². The minimum atomic E-state index is 0.471. The second-order valence-electron chi connectivity index (χ2n) is 5.33. The number of hydrogen-bond acceptors (Lipinski definition) is 3. The molecule has 124 valence electrons. The number of rotatable bonds is 8. The van der Waals surface area contributed by atoms with Crippen molar-refractivity contribution in [3.8, 4) is 11.5 Å². The summed E-state index contributed by atoms with van der Waals surface area (Å²) in [5.41, 5.74) is 3.43. The topological polar surface area (TPSA) is 30.5 Å². The van der Waals surface area contributed by atoms with Crippen molar-refractivity contribution in [1.29, 1.82) is 0 Å². The lowest BCUT2D eigenvalue weighted by Gasteiger charge is -2.16. The van der Waals surface area contributed by atoms with Gasteiger partial charge in [-0.1, -0.05) is 42.8 Å². The highest BCUT2D eigenvalue weighted by Crippen LogP contribution is 2.37. The quantitative estimate of drug-likeness (QED) is 0.757. The molecule has 0 saturated carbocycles. The molecule has 3 nitrogen and oxygen atoms in total. The average molecular weight is 334 g/mol. The Labute approximate surface area is 143 Å². The van der Waals surface area contributed by atoms with Crippen LogP contribution in [-0.2, 0) is 13.2 Å². The van der Waals surface area contributed by atoms with Gasteiger partial charge in [0.1, 0.15) is 6.61 Å². The molecular weight excluding hydrogens is 310 g/mol. The highest BCUT2D eigenvalue weighted by atomic mass is 35.5. The molecule has 0 radical (unpaired) electrons. The Balaban J connectivity index is 2.20. The van der Waals surface area contributed by atoms with Crippen LogP contribution in [0.5, 0.6) is 11.5 Å². The predicted octanol–water partition coefficient (Wildman–Crippen LogP) is 4.74. The number of halogens is 1. The summed E-state index contributed by atoms with van der Waals surface area (Å²) in [5.74, 6) is 1.30. The lowest BCUT2D eigenvalue weighted by atomic mass is 10.1. The van der Waals surface area contributed by atoms with Crippen LogP contribution < -0.4 is 14.8 Å². The molecule has 0 amide bonds. The maximum absolute atomic E-state index is 6.42. The summed E-state index contributed by atoms with van der Waals surface area (Å²) in [4.78, 5) is 0. The van der Waals surface area contributed by atoms with E-state index in [0.29, 0.717) is 29.7 Å². The molecule has 0 aliphatic rings. The first-order valence-electron chi connectivity index (χ1n) is 7.99. The SMILES string of the molecule is CCNCc1cc(Cl)c(OCc2ccccc2C)c(OCC)c1. The Bertz CT molecular complexity index is 643. The summed E-state index contributed by atoms with van der Waals surface area (Å²) in [6.07, 6.45) is 0. The van der Waals surface area contributed by atoms with E-state index < -0.39 is 0 Å². The van der Waals surface area contributed by atoms with Crippen molar-refractivity contribution in [3.63, 3.8) is 0 Å². The standard InChI is InChI=1S/C19H24ClNO2/c1-4-21-12-15-10-17(20)19(18(11-15)22-5-2)23-13-16-9-7-6-8-14(16)3/h6-11,21H,4-5,12-13H2,1-3H3. The normalized spacial score (nSPS) is 10.6. The fraction of sp³-hybridized carbons (Fsp3) is 0.368. The van der Waals surface area contributed by atoms with Crippen LogP contribution in [0.25, 0.3) is 0 Å². The Kier molecular flexibility index (Phi) is 6.75. The molecule has 2 aromatic carbocycles. The molecule has 0 unspecified atom stereocenters. The number of ether oxygens (including phenoxy) is 2. The molecule has 2 aromatic rings. The lowest BCUT2D eigenvalue weighted by Crippen LogP contribution is -2.12. The smallest absolute Gasteiger partial charge is 0.180 e. The van der Waals surface area contributed by atoms with Crippen molar-refractivity contribution >= 4 is 11.6 Å².